The van der Waals surface area contributed by atoms with Crippen molar-refractivity contribution in [2.75, 3.05) is 0 Å². The lowest BCUT2D eigenvalue weighted by atomic mass is 10.1. The molecule has 2 heterocycles. The number of pyridine rings is 1. The molecule has 0 aliphatic carbocycles. The average molecular weight is 327 g/mol. The normalized spacial score (nSPS) is 12.1. The van der Waals surface area contributed by atoms with Gasteiger partial charge in [-0.2, -0.15) is 0 Å². The fraction of sp³-hybridized carbons (Fsp3) is 0.222. The standard InChI is InChI=1S/C18H18FN3O2/c1-12-8-15(22-24-12)10-21-13(2)14-5-6-18(17(19)9-14)23-16-4-3-7-20-11-16/h3-9,11,13,21H,10H2,1-2H3. The molecule has 0 saturated carbocycles. The average Bonchev–Trinajstić information content (AvgIpc) is 3.01. The molecular formula is C18H18FN3O2. The van der Waals surface area contributed by atoms with E-state index in [1.807, 2.05) is 26.0 Å². The van der Waals surface area contributed by atoms with E-state index < -0.39 is 5.82 Å². The molecule has 0 saturated heterocycles. The summed E-state index contributed by atoms with van der Waals surface area (Å²) in [7, 11) is 0. The largest absolute Gasteiger partial charge is 0.453 e. The van der Waals surface area contributed by atoms with E-state index in [0.29, 0.717) is 12.3 Å². The monoisotopic (exact) mass is 327 g/mol. The van der Waals surface area contributed by atoms with Crippen molar-refractivity contribution in [3.05, 3.63) is 71.6 Å². The zero-order chi connectivity index (χ0) is 16.9. The van der Waals surface area contributed by atoms with Crippen molar-refractivity contribution in [2.45, 2.75) is 26.4 Å². The van der Waals surface area contributed by atoms with Crippen molar-refractivity contribution >= 4 is 0 Å². The number of halogens is 1. The third kappa shape index (κ3) is 3.97. The minimum Gasteiger partial charge on any atom is -0.453 e. The summed E-state index contributed by atoms with van der Waals surface area (Å²) in [6.45, 7) is 4.35. The number of rotatable bonds is 6. The fourth-order valence-corrected chi connectivity index (χ4v) is 2.28. The van der Waals surface area contributed by atoms with Gasteiger partial charge in [0.2, 0.25) is 0 Å². The maximum absolute atomic E-state index is 14.3. The van der Waals surface area contributed by atoms with Crippen molar-refractivity contribution in [3.63, 3.8) is 0 Å². The molecule has 0 spiro atoms. The van der Waals surface area contributed by atoms with Crippen molar-refractivity contribution < 1.29 is 13.7 Å². The minimum atomic E-state index is -0.415. The Balaban J connectivity index is 1.65. The second-order valence-corrected chi connectivity index (χ2v) is 5.51. The van der Waals surface area contributed by atoms with Crippen molar-refractivity contribution in [3.8, 4) is 11.5 Å². The number of hydrogen-bond donors (Lipinski definition) is 1. The van der Waals surface area contributed by atoms with Crippen LogP contribution in [0.25, 0.3) is 0 Å². The highest BCUT2D eigenvalue weighted by molar-refractivity contribution is 5.34. The number of aromatic nitrogens is 2. The number of nitrogens with zero attached hydrogens (tertiary/aromatic N) is 2. The van der Waals surface area contributed by atoms with E-state index in [4.69, 9.17) is 9.26 Å². The van der Waals surface area contributed by atoms with E-state index in [1.54, 1.807) is 24.4 Å². The number of hydrogen-bond acceptors (Lipinski definition) is 5. The molecule has 5 nitrogen and oxygen atoms in total. The minimum absolute atomic E-state index is 0.0380. The van der Waals surface area contributed by atoms with Crippen LogP contribution in [0.1, 0.15) is 30.0 Å². The molecule has 2 aromatic heterocycles. The van der Waals surface area contributed by atoms with Gasteiger partial charge in [0.25, 0.3) is 0 Å². The zero-order valence-corrected chi connectivity index (χ0v) is 13.5. The van der Waals surface area contributed by atoms with Gasteiger partial charge in [0.15, 0.2) is 11.6 Å². The first kappa shape index (κ1) is 16.1. The van der Waals surface area contributed by atoms with Crippen LogP contribution < -0.4 is 10.1 Å². The van der Waals surface area contributed by atoms with Gasteiger partial charge in [-0.1, -0.05) is 11.2 Å². The number of benzene rings is 1. The Morgan fingerprint density at radius 2 is 2.17 bits per heavy atom. The number of ether oxygens (including phenoxy) is 1. The molecule has 1 aromatic carbocycles. The molecule has 1 atom stereocenters. The molecule has 1 unspecified atom stereocenters. The van der Waals surface area contributed by atoms with E-state index >= 15 is 0 Å². The molecule has 0 fully saturated rings. The third-order valence-corrected chi connectivity index (χ3v) is 3.58. The van der Waals surface area contributed by atoms with Gasteiger partial charge >= 0.3 is 0 Å². The first-order valence-electron chi connectivity index (χ1n) is 7.65. The number of nitrogens with one attached hydrogen (secondary N) is 1. The van der Waals surface area contributed by atoms with Gasteiger partial charge in [-0.25, -0.2) is 4.39 Å². The molecule has 6 heteroatoms. The molecule has 0 bridgehead atoms. The molecule has 1 N–H and O–H groups in total. The van der Waals surface area contributed by atoms with E-state index in [-0.39, 0.29) is 11.8 Å². The lowest BCUT2D eigenvalue weighted by Crippen LogP contribution is -2.18. The van der Waals surface area contributed by atoms with Crippen molar-refractivity contribution in [1.82, 2.24) is 15.5 Å². The Morgan fingerprint density at radius 1 is 1.29 bits per heavy atom. The van der Waals surface area contributed by atoms with Gasteiger partial charge in [-0.05, 0) is 43.7 Å². The molecule has 3 aromatic rings. The van der Waals surface area contributed by atoms with E-state index in [0.717, 1.165) is 17.0 Å². The summed E-state index contributed by atoms with van der Waals surface area (Å²) in [5, 5.41) is 7.21. The quantitative estimate of drug-likeness (QED) is 0.736. The lowest BCUT2D eigenvalue weighted by molar-refractivity contribution is 0.386. The number of aryl methyl sites for hydroxylation is 1. The predicted octanol–water partition coefficient (Wildman–Crippen LogP) is 4.16. The summed E-state index contributed by atoms with van der Waals surface area (Å²) >= 11 is 0. The van der Waals surface area contributed by atoms with E-state index in [2.05, 4.69) is 15.5 Å². The molecule has 124 valence electrons. The Labute approximate surface area is 139 Å². The summed E-state index contributed by atoms with van der Waals surface area (Å²) in [4.78, 5) is 3.94. The van der Waals surface area contributed by atoms with Gasteiger partial charge in [-0.15, -0.1) is 0 Å². The predicted molar refractivity (Wildman–Crippen MR) is 87.2 cm³/mol. The highest BCUT2D eigenvalue weighted by Crippen LogP contribution is 2.26. The molecule has 0 aliphatic heterocycles. The molecule has 24 heavy (non-hydrogen) atoms. The second-order valence-electron chi connectivity index (χ2n) is 5.51. The van der Waals surface area contributed by atoms with Crippen molar-refractivity contribution in [1.29, 1.82) is 0 Å². The molecular weight excluding hydrogens is 309 g/mol. The van der Waals surface area contributed by atoms with Gasteiger partial charge in [0, 0.05) is 24.8 Å². The first-order valence-corrected chi connectivity index (χ1v) is 7.65. The molecule has 0 amide bonds. The van der Waals surface area contributed by atoms with Crippen LogP contribution in [0.4, 0.5) is 4.39 Å². The lowest BCUT2D eigenvalue weighted by Gasteiger charge is -2.14. The van der Waals surface area contributed by atoms with Crippen molar-refractivity contribution in [2.24, 2.45) is 0 Å². The van der Waals surface area contributed by atoms with E-state index in [1.165, 1.54) is 12.3 Å². The SMILES string of the molecule is Cc1cc(CNC(C)c2ccc(Oc3cccnc3)c(F)c2)no1. The van der Waals surface area contributed by atoms with Crippen LogP contribution in [0.5, 0.6) is 11.5 Å². The second kappa shape index (κ2) is 7.23. The van der Waals surface area contributed by atoms with Crippen LogP contribution in [-0.2, 0) is 6.54 Å². The summed E-state index contributed by atoms with van der Waals surface area (Å²) < 4.78 is 24.8. The summed E-state index contributed by atoms with van der Waals surface area (Å²) in [6.07, 6.45) is 3.17. The Kier molecular flexibility index (Phi) is 4.86. The van der Waals surface area contributed by atoms with Crippen LogP contribution in [0.15, 0.2) is 53.3 Å². The van der Waals surface area contributed by atoms with Gasteiger partial charge in [-0.3, -0.25) is 4.98 Å². The molecule has 0 radical (unpaired) electrons. The fourth-order valence-electron chi connectivity index (χ4n) is 2.28. The Hall–Kier alpha value is -2.73. The summed E-state index contributed by atoms with van der Waals surface area (Å²) in [5.41, 5.74) is 1.64. The van der Waals surface area contributed by atoms with Crippen LogP contribution in [-0.4, -0.2) is 10.1 Å². The zero-order valence-electron chi connectivity index (χ0n) is 13.5. The van der Waals surface area contributed by atoms with Crippen LogP contribution in [0.3, 0.4) is 0 Å². The van der Waals surface area contributed by atoms with Crippen LogP contribution in [0, 0.1) is 12.7 Å². The van der Waals surface area contributed by atoms with Crippen LogP contribution >= 0.6 is 0 Å². The Morgan fingerprint density at radius 3 is 2.83 bits per heavy atom. The Bertz CT molecular complexity index is 805. The summed E-state index contributed by atoms with van der Waals surface area (Å²) in [5.74, 6) is 1.02. The maximum Gasteiger partial charge on any atom is 0.166 e. The summed E-state index contributed by atoms with van der Waals surface area (Å²) in [6, 6.07) is 10.2. The third-order valence-electron chi connectivity index (χ3n) is 3.58. The van der Waals surface area contributed by atoms with Gasteiger partial charge < -0.3 is 14.6 Å². The first-order chi connectivity index (χ1) is 11.6. The molecule has 3 rings (SSSR count). The maximum atomic E-state index is 14.3. The highest BCUT2D eigenvalue weighted by Gasteiger charge is 2.11. The van der Waals surface area contributed by atoms with Crippen LogP contribution in [0.2, 0.25) is 0 Å². The smallest absolute Gasteiger partial charge is 0.166 e. The van der Waals surface area contributed by atoms with E-state index in [9.17, 15) is 4.39 Å². The van der Waals surface area contributed by atoms with Gasteiger partial charge in [0.1, 0.15) is 11.5 Å². The topological polar surface area (TPSA) is 60.2 Å². The highest BCUT2D eigenvalue weighted by atomic mass is 19.1. The molecule has 0 aliphatic rings. The van der Waals surface area contributed by atoms with Gasteiger partial charge in [0.05, 0.1) is 11.9 Å².